The number of benzene rings is 1. The largest absolute Gasteiger partial charge is 0.366 e. The zero-order valence-electron chi connectivity index (χ0n) is 12.9. The van der Waals surface area contributed by atoms with Crippen LogP contribution < -0.4 is 4.90 Å². The summed E-state index contributed by atoms with van der Waals surface area (Å²) in [4.78, 5) is 20.4. The first-order valence-corrected chi connectivity index (χ1v) is 7.73. The van der Waals surface area contributed by atoms with E-state index >= 15 is 0 Å². The van der Waals surface area contributed by atoms with Crippen LogP contribution in [0.5, 0.6) is 0 Å². The highest BCUT2D eigenvalue weighted by molar-refractivity contribution is 6.02. The number of piperazine rings is 1. The first kappa shape index (κ1) is 14.6. The van der Waals surface area contributed by atoms with Crippen LogP contribution in [0.2, 0.25) is 0 Å². The highest BCUT2D eigenvalue weighted by Crippen LogP contribution is 2.22. The molecule has 0 radical (unpaired) electrons. The maximum absolute atomic E-state index is 13.9. The summed E-state index contributed by atoms with van der Waals surface area (Å²) in [5, 5.41) is 4.43. The molecule has 6 nitrogen and oxygen atoms in total. The SMILES string of the molecule is O=C(c1onc2ncccc12)N1CCN(c2ccccc2F)CC1. The van der Waals surface area contributed by atoms with Gasteiger partial charge in [0.2, 0.25) is 11.4 Å². The fourth-order valence-electron chi connectivity index (χ4n) is 2.94. The van der Waals surface area contributed by atoms with E-state index in [0.29, 0.717) is 42.9 Å². The number of halogens is 1. The van der Waals surface area contributed by atoms with Crippen LogP contribution in [-0.2, 0) is 0 Å². The van der Waals surface area contributed by atoms with E-state index in [-0.39, 0.29) is 17.5 Å². The molecule has 0 N–H and O–H groups in total. The van der Waals surface area contributed by atoms with Crippen LogP contribution in [0.25, 0.3) is 11.0 Å². The van der Waals surface area contributed by atoms with Gasteiger partial charge in [0, 0.05) is 32.4 Å². The van der Waals surface area contributed by atoms with Crippen molar-refractivity contribution in [3.8, 4) is 0 Å². The van der Waals surface area contributed by atoms with Gasteiger partial charge in [0.05, 0.1) is 11.1 Å². The first-order chi connectivity index (χ1) is 11.7. The minimum absolute atomic E-state index is 0.206. The first-order valence-electron chi connectivity index (χ1n) is 7.73. The molecule has 1 aliphatic rings. The Labute approximate surface area is 137 Å². The normalized spacial score (nSPS) is 15.0. The third kappa shape index (κ3) is 2.47. The fraction of sp³-hybridized carbons (Fsp3) is 0.235. The molecule has 0 atom stereocenters. The Morgan fingerprint density at radius 1 is 1.08 bits per heavy atom. The van der Waals surface area contributed by atoms with E-state index in [1.54, 1.807) is 35.4 Å². The maximum atomic E-state index is 13.9. The number of aromatic nitrogens is 2. The standard InChI is InChI=1S/C17H15FN4O2/c18-13-5-1-2-6-14(13)21-8-10-22(11-9-21)17(23)15-12-4-3-7-19-16(12)20-24-15/h1-7H,8-11H2. The Morgan fingerprint density at radius 2 is 1.88 bits per heavy atom. The molecule has 0 unspecified atom stereocenters. The highest BCUT2D eigenvalue weighted by atomic mass is 19.1. The Hall–Kier alpha value is -2.96. The number of para-hydroxylation sites is 1. The minimum atomic E-state index is -0.246. The summed E-state index contributed by atoms with van der Waals surface area (Å²) >= 11 is 0. The van der Waals surface area contributed by atoms with Gasteiger partial charge in [-0.15, -0.1) is 0 Å². The zero-order valence-corrected chi connectivity index (χ0v) is 12.9. The molecular weight excluding hydrogens is 311 g/mol. The molecule has 3 aromatic rings. The van der Waals surface area contributed by atoms with Crippen molar-refractivity contribution in [2.24, 2.45) is 0 Å². The third-order valence-corrected chi connectivity index (χ3v) is 4.21. The lowest BCUT2D eigenvalue weighted by Gasteiger charge is -2.35. The molecule has 7 heteroatoms. The summed E-state index contributed by atoms with van der Waals surface area (Å²) in [5.74, 6) is -0.249. The topological polar surface area (TPSA) is 62.5 Å². The van der Waals surface area contributed by atoms with E-state index in [1.807, 2.05) is 11.0 Å². The second-order valence-corrected chi connectivity index (χ2v) is 5.62. The second kappa shape index (κ2) is 5.92. The Kier molecular flexibility index (Phi) is 3.60. The van der Waals surface area contributed by atoms with E-state index in [1.165, 1.54) is 6.07 Å². The predicted octanol–water partition coefficient (Wildman–Crippen LogP) is 2.32. The summed E-state index contributed by atoms with van der Waals surface area (Å²) in [6.45, 7) is 2.12. The van der Waals surface area contributed by atoms with Crippen molar-refractivity contribution in [2.75, 3.05) is 31.1 Å². The second-order valence-electron chi connectivity index (χ2n) is 5.62. The Morgan fingerprint density at radius 3 is 2.67 bits per heavy atom. The molecule has 1 amide bonds. The number of anilines is 1. The van der Waals surface area contributed by atoms with Crippen LogP contribution in [0.4, 0.5) is 10.1 Å². The number of amides is 1. The molecular formula is C17H15FN4O2. The average molecular weight is 326 g/mol. The summed E-state index contributed by atoms with van der Waals surface area (Å²) in [6, 6.07) is 10.2. The van der Waals surface area contributed by atoms with Gasteiger partial charge < -0.3 is 14.3 Å². The van der Waals surface area contributed by atoms with Crippen molar-refractivity contribution in [3.63, 3.8) is 0 Å². The molecule has 3 heterocycles. The molecule has 2 aromatic heterocycles. The summed E-state index contributed by atoms with van der Waals surface area (Å²) in [7, 11) is 0. The molecule has 1 aliphatic heterocycles. The van der Waals surface area contributed by atoms with Gasteiger partial charge in [-0.3, -0.25) is 4.79 Å². The average Bonchev–Trinajstić information content (AvgIpc) is 3.06. The molecule has 4 rings (SSSR count). The molecule has 122 valence electrons. The molecule has 0 aliphatic carbocycles. The lowest BCUT2D eigenvalue weighted by atomic mass is 10.2. The van der Waals surface area contributed by atoms with Gasteiger partial charge in [0.1, 0.15) is 5.82 Å². The predicted molar refractivity (Wildman–Crippen MR) is 86.3 cm³/mol. The number of nitrogens with zero attached hydrogens (tertiary/aromatic N) is 4. The number of pyridine rings is 1. The lowest BCUT2D eigenvalue weighted by Crippen LogP contribution is -2.49. The summed E-state index contributed by atoms with van der Waals surface area (Å²) in [6.07, 6.45) is 1.60. The lowest BCUT2D eigenvalue weighted by molar-refractivity contribution is 0.0707. The number of carbonyl (C=O) groups excluding carboxylic acids is 1. The summed E-state index contributed by atoms with van der Waals surface area (Å²) < 4.78 is 19.1. The third-order valence-electron chi connectivity index (χ3n) is 4.21. The molecule has 0 saturated carbocycles. The number of carbonyl (C=O) groups is 1. The minimum Gasteiger partial charge on any atom is -0.366 e. The van der Waals surface area contributed by atoms with Gasteiger partial charge in [-0.1, -0.05) is 17.3 Å². The van der Waals surface area contributed by atoms with E-state index < -0.39 is 0 Å². The maximum Gasteiger partial charge on any atom is 0.293 e. The van der Waals surface area contributed by atoms with Crippen molar-refractivity contribution in [3.05, 3.63) is 54.2 Å². The van der Waals surface area contributed by atoms with Crippen LogP contribution >= 0.6 is 0 Å². The quantitative estimate of drug-likeness (QED) is 0.723. The number of fused-ring (bicyclic) bond motifs is 1. The molecule has 1 saturated heterocycles. The van der Waals surface area contributed by atoms with Crippen molar-refractivity contribution in [2.45, 2.75) is 0 Å². The number of hydrogen-bond acceptors (Lipinski definition) is 5. The molecule has 0 spiro atoms. The molecule has 1 fully saturated rings. The van der Waals surface area contributed by atoms with Crippen LogP contribution in [0.1, 0.15) is 10.6 Å². The molecule has 1 aromatic carbocycles. The Balaban J connectivity index is 1.50. The summed E-state index contributed by atoms with van der Waals surface area (Å²) in [5.41, 5.74) is 0.991. The zero-order chi connectivity index (χ0) is 16.5. The van der Waals surface area contributed by atoms with Crippen molar-refractivity contribution >= 4 is 22.6 Å². The van der Waals surface area contributed by atoms with E-state index in [9.17, 15) is 9.18 Å². The van der Waals surface area contributed by atoms with Crippen molar-refractivity contribution in [1.82, 2.24) is 15.0 Å². The van der Waals surface area contributed by atoms with Gasteiger partial charge in [-0.2, -0.15) is 0 Å². The van der Waals surface area contributed by atoms with Gasteiger partial charge in [0.25, 0.3) is 5.91 Å². The van der Waals surface area contributed by atoms with Crippen LogP contribution in [0, 0.1) is 5.82 Å². The van der Waals surface area contributed by atoms with Crippen LogP contribution in [0.3, 0.4) is 0 Å². The fourth-order valence-corrected chi connectivity index (χ4v) is 2.94. The molecule has 0 bridgehead atoms. The van der Waals surface area contributed by atoms with Gasteiger partial charge in [0.15, 0.2) is 0 Å². The van der Waals surface area contributed by atoms with Gasteiger partial charge in [-0.25, -0.2) is 9.37 Å². The Bertz CT molecular complexity index is 887. The van der Waals surface area contributed by atoms with Crippen LogP contribution in [-0.4, -0.2) is 47.1 Å². The van der Waals surface area contributed by atoms with Gasteiger partial charge >= 0.3 is 0 Å². The number of hydrogen-bond donors (Lipinski definition) is 0. The monoisotopic (exact) mass is 326 g/mol. The van der Waals surface area contributed by atoms with Gasteiger partial charge in [-0.05, 0) is 24.3 Å². The van der Waals surface area contributed by atoms with Crippen molar-refractivity contribution < 1.29 is 13.7 Å². The van der Waals surface area contributed by atoms with E-state index in [4.69, 9.17) is 4.52 Å². The van der Waals surface area contributed by atoms with E-state index in [2.05, 4.69) is 10.1 Å². The van der Waals surface area contributed by atoms with E-state index in [0.717, 1.165) is 0 Å². The molecule has 24 heavy (non-hydrogen) atoms. The highest BCUT2D eigenvalue weighted by Gasteiger charge is 2.27. The van der Waals surface area contributed by atoms with Crippen LogP contribution in [0.15, 0.2) is 47.1 Å². The number of rotatable bonds is 2. The van der Waals surface area contributed by atoms with Crippen molar-refractivity contribution in [1.29, 1.82) is 0 Å². The smallest absolute Gasteiger partial charge is 0.293 e.